The van der Waals surface area contributed by atoms with Crippen molar-refractivity contribution in [3.8, 4) is 5.75 Å². The van der Waals surface area contributed by atoms with Gasteiger partial charge in [0.25, 0.3) is 0 Å². The molecule has 0 bridgehead atoms. The number of ether oxygens (including phenoxy) is 1. The minimum atomic E-state index is -0.993. The second-order valence-corrected chi connectivity index (χ2v) is 3.13. The summed E-state index contributed by atoms with van der Waals surface area (Å²) in [7, 11) is 0. The summed E-state index contributed by atoms with van der Waals surface area (Å²) >= 11 is 5.66. The fourth-order valence-electron chi connectivity index (χ4n) is 0.929. The first-order valence-corrected chi connectivity index (χ1v) is 4.51. The third kappa shape index (κ3) is 2.88. The van der Waals surface area contributed by atoms with Crippen LogP contribution in [0.3, 0.4) is 0 Å². The number of carbonyl (C=O) groups is 1. The Bertz CT molecular complexity index is 330. The zero-order valence-electron chi connectivity index (χ0n) is 7.61. The summed E-state index contributed by atoms with van der Waals surface area (Å²) in [5, 5.41) is 9.14. The van der Waals surface area contributed by atoms with Crippen molar-refractivity contribution in [2.24, 2.45) is 0 Å². The highest BCUT2D eigenvalue weighted by Crippen LogP contribution is 2.17. The second-order valence-electron chi connectivity index (χ2n) is 2.69. The van der Waals surface area contributed by atoms with E-state index in [0.717, 1.165) is 0 Å². The molecular formula is C9H10ClNO3. The van der Waals surface area contributed by atoms with Gasteiger partial charge in [-0.2, -0.15) is 0 Å². The normalized spacial score (nSPS) is 12.1. The predicted molar refractivity (Wildman–Crippen MR) is 51.6 cm³/mol. The number of halogens is 1. The van der Waals surface area contributed by atoms with Crippen LogP contribution in [0.15, 0.2) is 18.5 Å². The van der Waals surface area contributed by atoms with Crippen molar-refractivity contribution in [1.29, 1.82) is 0 Å². The van der Waals surface area contributed by atoms with E-state index in [1.165, 1.54) is 18.5 Å². The molecule has 1 unspecified atom stereocenters. The van der Waals surface area contributed by atoms with E-state index in [-0.39, 0.29) is 0 Å². The van der Waals surface area contributed by atoms with Gasteiger partial charge in [0, 0.05) is 12.3 Å². The number of hydrogen-bond acceptors (Lipinski definition) is 3. The van der Waals surface area contributed by atoms with Gasteiger partial charge >= 0.3 is 5.97 Å². The molecule has 1 aromatic rings. The van der Waals surface area contributed by atoms with Gasteiger partial charge in [-0.05, 0) is 6.42 Å². The SMILES string of the molecule is CCC(Oc1cncc(Cl)c1)C(=O)O. The molecule has 1 atom stereocenters. The fourth-order valence-corrected chi connectivity index (χ4v) is 1.09. The van der Waals surface area contributed by atoms with Crippen molar-refractivity contribution in [1.82, 2.24) is 4.98 Å². The highest BCUT2D eigenvalue weighted by atomic mass is 35.5. The van der Waals surface area contributed by atoms with E-state index in [0.29, 0.717) is 17.2 Å². The Kier molecular flexibility index (Phi) is 3.71. The van der Waals surface area contributed by atoms with Crippen LogP contribution in [-0.4, -0.2) is 22.2 Å². The summed E-state index contributed by atoms with van der Waals surface area (Å²) in [6, 6.07) is 1.53. The lowest BCUT2D eigenvalue weighted by Gasteiger charge is -2.12. The van der Waals surface area contributed by atoms with Crippen molar-refractivity contribution in [3.05, 3.63) is 23.5 Å². The minimum absolute atomic E-state index is 0.367. The maximum absolute atomic E-state index is 10.6. The van der Waals surface area contributed by atoms with Gasteiger partial charge in [0.1, 0.15) is 5.75 Å². The number of pyridine rings is 1. The summed E-state index contributed by atoms with van der Waals surface area (Å²) in [6.07, 6.45) is 2.42. The van der Waals surface area contributed by atoms with Gasteiger partial charge < -0.3 is 9.84 Å². The molecule has 0 aliphatic rings. The molecule has 4 nitrogen and oxygen atoms in total. The highest BCUT2D eigenvalue weighted by Gasteiger charge is 2.16. The van der Waals surface area contributed by atoms with Gasteiger partial charge in [-0.1, -0.05) is 18.5 Å². The highest BCUT2D eigenvalue weighted by molar-refractivity contribution is 6.30. The maximum Gasteiger partial charge on any atom is 0.344 e. The van der Waals surface area contributed by atoms with E-state index in [9.17, 15) is 4.79 Å². The number of carboxylic acids is 1. The molecule has 1 N–H and O–H groups in total. The smallest absolute Gasteiger partial charge is 0.344 e. The van der Waals surface area contributed by atoms with Crippen LogP contribution in [0.25, 0.3) is 0 Å². The third-order valence-corrected chi connectivity index (χ3v) is 1.81. The molecule has 5 heteroatoms. The van der Waals surface area contributed by atoms with Crippen LogP contribution in [0.4, 0.5) is 0 Å². The molecule has 0 aliphatic carbocycles. The number of carboxylic acid groups (broad SMARTS) is 1. The lowest BCUT2D eigenvalue weighted by atomic mass is 10.3. The van der Waals surface area contributed by atoms with Crippen LogP contribution >= 0.6 is 11.6 Å². The van der Waals surface area contributed by atoms with Crippen molar-refractivity contribution in [2.75, 3.05) is 0 Å². The van der Waals surface area contributed by atoms with E-state index >= 15 is 0 Å². The third-order valence-electron chi connectivity index (χ3n) is 1.60. The Labute approximate surface area is 86.5 Å². The molecule has 0 fully saturated rings. The summed E-state index contributed by atoms with van der Waals surface area (Å²) in [4.78, 5) is 14.4. The molecule has 0 spiro atoms. The zero-order chi connectivity index (χ0) is 10.6. The predicted octanol–water partition coefficient (Wildman–Crippen LogP) is 1.98. The topological polar surface area (TPSA) is 59.4 Å². The van der Waals surface area contributed by atoms with Crippen LogP contribution < -0.4 is 4.74 Å². The first-order chi connectivity index (χ1) is 6.63. The molecule has 76 valence electrons. The van der Waals surface area contributed by atoms with Crippen LogP contribution in [0.2, 0.25) is 5.02 Å². The second kappa shape index (κ2) is 4.81. The van der Waals surface area contributed by atoms with Gasteiger partial charge in [0.05, 0.1) is 11.2 Å². The van der Waals surface area contributed by atoms with Crippen LogP contribution in [0, 0.1) is 0 Å². The Morgan fingerprint density at radius 2 is 2.43 bits per heavy atom. The lowest BCUT2D eigenvalue weighted by Crippen LogP contribution is -2.25. The molecule has 0 saturated heterocycles. The van der Waals surface area contributed by atoms with E-state index in [1.807, 2.05) is 0 Å². The largest absolute Gasteiger partial charge is 0.479 e. The Morgan fingerprint density at radius 1 is 1.71 bits per heavy atom. The van der Waals surface area contributed by atoms with Crippen molar-refractivity contribution >= 4 is 17.6 Å². The lowest BCUT2D eigenvalue weighted by molar-refractivity contribution is -0.145. The van der Waals surface area contributed by atoms with E-state index in [2.05, 4.69) is 4.98 Å². The fraction of sp³-hybridized carbons (Fsp3) is 0.333. The Balaban J connectivity index is 2.72. The molecule has 0 aliphatic heterocycles. The minimum Gasteiger partial charge on any atom is -0.479 e. The van der Waals surface area contributed by atoms with Gasteiger partial charge in [0.2, 0.25) is 0 Å². The standard InChI is InChI=1S/C9H10ClNO3/c1-2-8(9(12)13)14-7-3-6(10)4-11-5-7/h3-5,8H,2H2,1H3,(H,12,13). The zero-order valence-corrected chi connectivity index (χ0v) is 8.36. The number of aliphatic carboxylic acids is 1. The molecule has 1 heterocycles. The molecule has 1 aromatic heterocycles. The number of rotatable bonds is 4. The number of hydrogen-bond donors (Lipinski definition) is 1. The molecule has 14 heavy (non-hydrogen) atoms. The Morgan fingerprint density at radius 3 is 2.93 bits per heavy atom. The van der Waals surface area contributed by atoms with Gasteiger partial charge in [0.15, 0.2) is 6.10 Å². The van der Waals surface area contributed by atoms with Crippen LogP contribution in [0.5, 0.6) is 5.75 Å². The average Bonchev–Trinajstić information content (AvgIpc) is 2.14. The maximum atomic E-state index is 10.6. The first-order valence-electron chi connectivity index (χ1n) is 4.13. The van der Waals surface area contributed by atoms with Gasteiger partial charge in [-0.3, -0.25) is 4.98 Å². The Hall–Kier alpha value is -1.29. The number of aromatic nitrogens is 1. The van der Waals surface area contributed by atoms with Crippen molar-refractivity contribution in [3.63, 3.8) is 0 Å². The van der Waals surface area contributed by atoms with E-state index < -0.39 is 12.1 Å². The first kappa shape index (κ1) is 10.8. The van der Waals surface area contributed by atoms with Gasteiger partial charge in [-0.15, -0.1) is 0 Å². The van der Waals surface area contributed by atoms with Crippen LogP contribution in [-0.2, 0) is 4.79 Å². The average molecular weight is 216 g/mol. The van der Waals surface area contributed by atoms with E-state index in [4.69, 9.17) is 21.4 Å². The van der Waals surface area contributed by atoms with E-state index in [1.54, 1.807) is 6.92 Å². The van der Waals surface area contributed by atoms with Crippen molar-refractivity contribution < 1.29 is 14.6 Å². The quantitative estimate of drug-likeness (QED) is 0.834. The summed E-state index contributed by atoms with van der Waals surface area (Å²) in [5.41, 5.74) is 0. The summed E-state index contributed by atoms with van der Waals surface area (Å²) in [6.45, 7) is 1.73. The molecular weight excluding hydrogens is 206 g/mol. The van der Waals surface area contributed by atoms with Gasteiger partial charge in [-0.25, -0.2) is 4.79 Å². The summed E-state index contributed by atoms with van der Waals surface area (Å²) in [5.74, 6) is -0.626. The summed E-state index contributed by atoms with van der Waals surface area (Å²) < 4.78 is 5.16. The van der Waals surface area contributed by atoms with Crippen LogP contribution in [0.1, 0.15) is 13.3 Å². The monoisotopic (exact) mass is 215 g/mol. The molecule has 0 aromatic carbocycles. The molecule has 0 amide bonds. The number of nitrogens with zero attached hydrogens (tertiary/aromatic N) is 1. The molecule has 0 radical (unpaired) electrons. The molecule has 0 saturated carbocycles. The molecule has 1 rings (SSSR count). The van der Waals surface area contributed by atoms with Crippen molar-refractivity contribution in [2.45, 2.75) is 19.4 Å².